The summed E-state index contributed by atoms with van der Waals surface area (Å²) in [4.78, 5) is 0. The Morgan fingerprint density at radius 2 is 0.926 bits per heavy atom. The minimum atomic E-state index is -2.16. The second-order valence-corrected chi connectivity index (χ2v) is 20.5. The quantitative estimate of drug-likeness (QED) is 0.274. The highest BCUT2D eigenvalue weighted by Crippen LogP contribution is 2.26. The third kappa shape index (κ3) is 19.5. The van der Waals surface area contributed by atoms with E-state index >= 15 is 0 Å². The highest BCUT2D eigenvalue weighted by Gasteiger charge is 2.39. The Kier molecular flexibility index (Phi) is 19.3. The highest BCUT2D eigenvalue weighted by atomic mass is 28.5. The summed E-state index contributed by atoms with van der Waals surface area (Å²) in [5.74, 6) is 0. The first-order chi connectivity index (χ1) is 11.5. The molecular weight excluding hydrogens is 396 g/mol. The normalized spacial score (nSPS) is 12.4. The average Bonchev–Trinajstić information content (AvgIpc) is 2.44. The van der Waals surface area contributed by atoms with E-state index in [2.05, 4.69) is 39.3 Å². The molecule has 0 atom stereocenters. The Bertz CT molecular complexity index is 311. The molecule has 0 aliphatic carbocycles. The molecule has 0 rings (SSSR count). The van der Waals surface area contributed by atoms with Gasteiger partial charge in [0.25, 0.3) is 0 Å². The molecule has 0 aromatic rings. The molecule has 0 fully saturated rings. The van der Waals surface area contributed by atoms with E-state index in [1.54, 1.807) is 0 Å². The van der Waals surface area contributed by atoms with Gasteiger partial charge in [0.05, 0.1) is 26.4 Å². The Labute approximate surface area is 172 Å². The average molecular weight is 445 g/mol. The third-order valence-electron chi connectivity index (χ3n) is 3.65. The number of ether oxygens (including phenoxy) is 2. The predicted octanol–water partition coefficient (Wildman–Crippen LogP) is 4.20. The summed E-state index contributed by atoms with van der Waals surface area (Å²) in [6.07, 6.45) is 1.93. The van der Waals surface area contributed by atoms with Crippen LogP contribution in [0, 0.1) is 0 Å². The van der Waals surface area contributed by atoms with E-state index in [1.807, 2.05) is 0 Å². The summed E-state index contributed by atoms with van der Waals surface area (Å²) >= 11 is 0. The molecule has 9 heteroatoms. The van der Waals surface area contributed by atoms with Crippen molar-refractivity contribution in [3.05, 3.63) is 0 Å². The lowest BCUT2D eigenvalue weighted by Crippen LogP contribution is -2.52. The molecule has 0 aliphatic heterocycles. The summed E-state index contributed by atoms with van der Waals surface area (Å²) in [5, 5.41) is 17.4. The summed E-state index contributed by atoms with van der Waals surface area (Å²) in [6, 6.07) is 2.07. The van der Waals surface area contributed by atoms with Gasteiger partial charge < -0.3 is 27.9 Å². The maximum Gasteiger partial charge on any atom is 0.311 e. The zero-order valence-corrected chi connectivity index (χ0v) is 20.1. The van der Waals surface area contributed by atoms with Crippen LogP contribution in [0.4, 0.5) is 0 Å². The molecule has 0 saturated heterocycles. The Hall–Kier alpha value is 0.411. The van der Waals surface area contributed by atoms with Gasteiger partial charge in [-0.25, -0.2) is 0 Å². The van der Waals surface area contributed by atoms with E-state index in [9.17, 15) is 0 Å². The molecule has 0 saturated carbocycles. The first kappa shape index (κ1) is 32.1. The summed E-state index contributed by atoms with van der Waals surface area (Å²) in [7, 11) is -5.73. The van der Waals surface area contributed by atoms with Gasteiger partial charge in [-0.05, 0) is 64.2 Å². The zero-order valence-electron chi connectivity index (χ0n) is 17.1. The van der Waals surface area contributed by atoms with Gasteiger partial charge >= 0.3 is 8.56 Å². The number of aliphatic hydroxyl groups excluding tert-OH is 2. The number of rotatable bonds is 16. The van der Waals surface area contributed by atoms with Crippen molar-refractivity contribution in [2.75, 3.05) is 39.6 Å². The summed E-state index contributed by atoms with van der Waals surface area (Å²) in [6.45, 7) is 15.6. The molecule has 6 nitrogen and oxygen atoms in total. The fraction of sp³-hybridized carbons (Fsp3) is 1.00. The smallest absolute Gasteiger partial charge is 0.311 e. The third-order valence-corrected chi connectivity index (χ3v) is 15.1. The Balaban J connectivity index is -0.00000288. The topological polar surface area (TPSA) is 77.4 Å². The van der Waals surface area contributed by atoms with Crippen molar-refractivity contribution in [1.29, 1.82) is 0 Å². The van der Waals surface area contributed by atoms with Crippen LogP contribution in [-0.4, -0.2) is 75.1 Å². The molecule has 2 N–H and O–H groups in total. The van der Waals surface area contributed by atoms with Crippen LogP contribution in [0.5, 0.6) is 0 Å². The molecule has 0 aromatic heterocycles. The lowest BCUT2D eigenvalue weighted by atomic mass is 10.5. The van der Waals surface area contributed by atoms with Crippen molar-refractivity contribution in [2.45, 2.75) is 79.1 Å². The minimum absolute atomic E-state index is 0. The van der Waals surface area contributed by atoms with Crippen molar-refractivity contribution in [3.63, 3.8) is 0 Å². The lowest BCUT2D eigenvalue weighted by molar-refractivity contribution is 0.0922. The highest BCUT2D eigenvalue weighted by molar-refractivity contribution is 6.87. The van der Waals surface area contributed by atoms with Crippen molar-refractivity contribution < 1.29 is 27.9 Å². The van der Waals surface area contributed by atoms with Crippen LogP contribution in [0.15, 0.2) is 0 Å². The van der Waals surface area contributed by atoms with Gasteiger partial charge in [-0.3, -0.25) is 0 Å². The van der Waals surface area contributed by atoms with Crippen LogP contribution in [0.25, 0.3) is 0 Å². The summed E-state index contributed by atoms with van der Waals surface area (Å²) in [5.41, 5.74) is 0. The second kappa shape index (κ2) is 16.2. The lowest BCUT2D eigenvalue weighted by Gasteiger charge is -2.38. The van der Waals surface area contributed by atoms with Crippen LogP contribution >= 0.6 is 0 Å². The molecule has 0 amide bonds. The van der Waals surface area contributed by atoms with Gasteiger partial charge in [-0.1, -0.05) is 14.9 Å². The fourth-order valence-corrected chi connectivity index (χ4v) is 17.0. The molecular formula is C18H48O6Si3. The van der Waals surface area contributed by atoms with Crippen LogP contribution in [0.3, 0.4) is 0 Å². The van der Waals surface area contributed by atoms with Crippen LogP contribution < -0.4 is 0 Å². The molecule has 0 unspecified atom stereocenters. The van der Waals surface area contributed by atoms with E-state index in [0.717, 1.165) is 24.9 Å². The SMILES string of the molecule is C.C.C[Si](C)(CCCOCCO)O[Si](C)(C)O[Si](C)(C)CCCOCCO. The maximum atomic E-state index is 8.72. The fourth-order valence-electron chi connectivity index (χ4n) is 2.99. The Morgan fingerprint density at radius 3 is 1.22 bits per heavy atom. The van der Waals surface area contributed by atoms with Gasteiger partial charge in [-0.15, -0.1) is 0 Å². The van der Waals surface area contributed by atoms with E-state index in [4.69, 9.17) is 27.9 Å². The molecule has 168 valence electrons. The first-order valence-electron chi connectivity index (χ1n) is 9.31. The van der Waals surface area contributed by atoms with Crippen LogP contribution in [0.2, 0.25) is 51.4 Å². The summed E-state index contributed by atoms with van der Waals surface area (Å²) < 4.78 is 23.7. The van der Waals surface area contributed by atoms with E-state index < -0.39 is 25.2 Å². The number of hydrogen-bond acceptors (Lipinski definition) is 6. The first-order valence-corrected chi connectivity index (χ1v) is 18.4. The van der Waals surface area contributed by atoms with Crippen LogP contribution in [0.1, 0.15) is 27.7 Å². The Morgan fingerprint density at radius 1 is 0.593 bits per heavy atom. The molecule has 0 bridgehead atoms. The molecule has 0 aliphatic rings. The van der Waals surface area contributed by atoms with Gasteiger partial charge in [0.15, 0.2) is 16.6 Å². The van der Waals surface area contributed by atoms with Crippen molar-refractivity contribution in [1.82, 2.24) is 0 Å². The minimum Gasteiger partial charge on any atom is -0.437 e. The van der Waals surface area contributed by atoms with E-state index in [-0.39, 0.29) is 28.1 Å². The predicted molar refractivity (Wildman–Crippen MR) is 123 cm³/mol. The van der Waals surface area contributed by atoms with Crippen molar-refractivity contribution in [2.24, 2.45) is 0 Å². The van der Waals surface area contributed by atoms with Gasteiger partial charge in [0, 0.05) is 13.2 Å². The molecule has 0 spiro atoms. The van der Waals surface area contributed by atoms with Crippen molar-refractivity contribution >= 4 is 25.2 Å². The largest absolute Gasteiger partial charge is 0.437 e. The standard InChI is InChI=1S/C16H40O6Si3.2CH4/c1-23(2,15-7-11-19-13-9-17)21-25(5,6)22-24(3,4)16-8-12-20-14-10-18;;/h17-18H,7-16H2,1-6H3;2*1H4. The second-order valence-electron chi connectivity index (χ2n) is 8.00. The number of aliphatic hydroxyl groups is 2. The van der Waals surface area contributed by atoms with Gasteiger partial charge in [-0.2, -0.15) is 0 Å². The monoisotopic (exact) mass is 444 g/mol. The molecule has 0 aromatic carbocycles. The zero-order chi connectivity index (χ0) is 19.4. The molecule has 0 heterocycles. The molecule has 0 radical (unpaired) electrons. The van der Waals surface area contributed by atoms with E-state index in [1.165, 1.54) is 0 Å². The van der Waals surface area contributed by atoms with Crippen molar-refractivity contribution in [3.8, 4) is 0 Å². The van der Waals surface area contributed by atoms with Gasteiger partial charge in [0.2, 0.25) is 0 Å². The van der Waals surface area contributed by atoms with Crippen LogP contribution in [-0.2, 0) is 17.7 Å². The molecule has 27 heavy (non-hydrogen) atoms. The maximum absolute atomic E-state index is 8.72. The number of hydrogen-bond donors (Lipinski definition) is 2. The van der Waals surface area contributed by atoms with Gasteiger partial charge in [0.1, 0.15) is 0 Å². The van der Waals surface area contributed by atoms with E-state index in [0.29, 0.717) is 26.4 Å².